The molecule has 3 rings (SSSR count). The minimum absolute atomic E-state index is 0.305. The molecule has 5 heteroatoms. The maximum absolute atomic E-state index is 12.2. The largest absolute Gasteiger partial charge is 0.481 e. The molecule has 1 unspecified atom stereocenters. The third-order valence-electron chi connectivity index (χ3n) is 4.33. The van der Waals surface area contributed by atoms with Crippen molar-refractivity contribution in [1.82, 2.24) is 5.43 Å². The van der Waals surface area contributed by atoms with E-state index in [-0.39, 0.29) is 5.91 Å². The highest BCUT2D eigenvalue weighted by molar-refractivity contribution is 6.30. The van der Waals surface area contributed by atoms with E-state index in [0.29, 0.717) is 10.8 Å². The zero-order chi connectivity index (χ0) is 17.8. The number of ether oxygens (including phenoxy) is 1. The first-order valence-corrected chi connectivity index (χ1v) is 8.79. The van der Waals surface area contributed by atoms with E-state index in [1.807, 2.05) is 6.92 Å². The zero-order valence-corrected chi connectivity index (χ0v) is 15.1. The van der Waals surface area contributed by atoms with Gasteiger partial charge in [0, 0.05) is 5.02 Å². The molecular formula is C20H21ClN2O2. The number of hydrazone groups is 1. The van der Waals surface area contributed by atoms with Crippen LogP contribution in [0.1, 0.15) is 37.0 Å². The minimum atomic E-state index is -0.671. The van der Waals surface area contributed by atoms with Gasteiger partial charge < -0.3 is 4.74 Å². The van der Waals surface area contributed by atoms with Gasteiger partial charge in [-0.2, -0.15) is 5.10 Å². The Morgan fingerprint density at radius 2 is 2.00 bits per heavy atom. The van der Waals surface area contributed by atoms with Gasteiger partial charge in [0.15, 0.2) is 6.10 Å². The number of rotatable bonds is 5. The van der Waals surface area contributed by atoms with Gasteiger partial charge in [-0.05, 0) is 74.1 Å². The molecule has 1 aliphatic rings. The number of hydrogen-bond acceptors (Lipinski definition) is 3. The Bertz CT molecular complexity index is 817. The third kappa shape index (κ3) is 4.40. The maximum Gasteiger partial charge on any atom is 0.280 e. The lowest BCUT2D eigenvalue weighted by Gasteiger charge is -2.13. The van der Waals surface area contributed by atoms with E-state index in [0.717, 1.165) is 24.1 Å². The van der Waals surface area contributed by atoms with Gasteiger partial charge in [-0.25, -0.2) is 5.43 Å². The van der Waals surface area contributed by atoms with E-state index in [2.05, 4.69) is 28.7 Å². The maximum atomic E-state index is 12.2. The van der Waals surface area contributed by atoms with Crippen LogP contribution in [0.4, 0.5) is 0 Å². The molecule has 130 valence electrons. The highest BCUT2D eigenvalue weighted by Crippen LogP contribution is 2.23. The van der Waals surface area contributed by atoms with Crippen molar-refractivity contribution >= 4 is 23.2 Å². The smallest absolute Gasteiger partial charge is 0.280 e. The minimum Gasteiger partial charge on any atom is -0.481 e. The number of amides is 1. The van der Waals surface area contributed by atoms with E-state index >= 15 is 0 Å². The van der Waals surface area contributed by atoms with Crippen LogP contribution in [0.3, 0.4) is 0 Å². The van der Waals surface area contributed by atoms with Crippen LogP contribution in [-0.2, 0) is 17.6 Å². The van der Waals surface area contributed by atoms with Crippen LogP contribution in [0.5, 0.6) is 5.75 Å². The van der Waals surface area contributed by atoms with Crippen molar-refractivity contribution < 1.29 is 9.53 Å². The Hall–Kier alpha value is -2.33. The standard InChI is InChI=1S/C20H21ClN2O2/c1-13(16-10-9-15-5-3-6-17(15)11-16)22-23-20(24)14(2)25-19-8-4-7-18(21)12-19/h4,7-12,14H,3,5-6H2,1-2H3,(H,23,24)/b22-13-. The summed E-state index contributed by atoms with van der Waals surface area (Å²) in [5.74, 6) is 0.245. The summed E-state index contributed by atoms with van der Waals surface area (Å²) in [4.78, 5) is 12.2. The number of fused-ring (bicyclic) bond motifs is 1. The first kappa shape index (κ1) is 17.5. The lowest BCUT2D eigenvalue weighted by molar-refractivity contribution is -0.127. The fourth-order valence-corrected chi connectivity index (χ4v) is 3.07. The summed E-state index contributed by atoms with van der Waals surface area (Å²) in [6, 6.07) is 13.3. The second kappa shape index (κ2) is 7.70. The quantitative estimate of drug-likeness (QED) is 0.646. The molecule has 0 saturated carbocycles. The first-order valence-electron chi connectivity index (χ1n) is 8.41. The summed E-state index contributed by atoms with van der Waals surface area (Å²) < 4.78 is 5.59. The van der Waals surface area contributed by atoms with Crippen molar-refractivity contribution in [3.8, 4) is 5.75 Å². The topological polar surface area (TPSA) is 50.7 Å². The normalized spacial score (nSPS) is 14.8. The van der Waals surface area contributed by atoms with Gasteiger partial charge in [-0.15, -0.1) is 0 Å². The molecule has 0 fully saturated rings. The number of carbonyl (C=O) groups excluding carboxylic acids is 1. The van der Waals surface area contributed by atoms with E-state index < -0.39 is 6.10 Å². The molecule has 0 radical (unpaired) electrons. The Morgan fingerprint density at radius 1 is 1.20 bits per heavy atom. The molecular weight excluding hydrogens is 336 g/mol. The molecule has 0 spiro atoms. The molecule has 0 bridgehead atoms. The van der Waals surface area contributed by atoms with Gasteiger partial charge in [0.25, 0.3) is 5.91 Å². The Balaban J connectivity index is 1.61. The summed E-state index contributed by atoms with van der Waals surface area (Å²) in [5, 5.41) is 4.78. The lowest BCUT2D eigenvalue weighted by atomic mass is 10.0. The molecule has 1 atom stereocenters. The first-order chi connectivity index (χ1) is 12.0. The van der Waals surface area contributed by atoms with Crippen LogP contribution >= 0.6 is 11.6 Å². The molecule has 1 aliphatic carbocycles. The monoisotopic (exact) mass is 356 g/mol. The average Bonchev–Trinajstić information content (AvgIpc) is 3.07. The van der Waals surface area contributed by atoms with Gasteiger partial charge >= 0.3 is 0 Å². The number of aryl methyl sites for hydroxylation is 2. The van der Waals surface area contributed by atoms with Crippen molar-refractivity contribution in [3.63, 3.8) is 0 Å². The molecule has 2 aromatic rings. The molecule has 0 aliphatic heterocycles. The van der Waals surface area contributed by atoms with E-state index in [4.69, 9.17) is 16.3 Å². The summed E-state index contributed by atoms with van der Waals surface area (Å²) in [7, 11) is 0. The molecule has 4 nitrogen and oxygen atoms in total. The molecule has 1 amide bonds. The molecule has 0 saturated heterocycles. The van der Waals surface area contributed by atoms with E-state index in [9.17, 15) is 4.79 Å². The van der Waals surface area contributed by atoms with Crippen molar-refractivity contribution in [3.05, 3.63) is 64.2 Å². The summed E-state index contributed by atoms with van der Waals surface area (Å²) in [6.45, 7) is 3.57. The number of carbonyl (C=O) groups is 1. The number of nitrogens with one attached hydrogen (secondary N) is 1. The molecule has 1 N–H and O–H groups in total. The van der Waals surface area contributed by atoms with Gasteiger partial charge in [0.2, 0.25) is 0 Å². The van der Waals surface area contributed by atoms with Gasteiger partial charge in [0.05, 0.1) is 5.71 Å². The predicted octanol–water partition coefficient (Wildman–Crippen LogP) is 4.14. The number of hydrogen-bond donors (Lipinski definition) is 1. The van der Waals surface area contributed by atoms with Crippen LogP contribution in [0, 0.1) is 0 Å². The van der Waals surface area contributed by atoms with Gasteiger partial charge in [0.1, 0.15) is 5.75 Å². The molecule has 2 aromatic carbocycles. The molecule has 0 aromatic heterocycles. The summed E-state index contributed by atoms with van der Waals surface area (Å²) in [6.07, 6.45) is 2.81. The van der Waals surface area contributed by atoms with Crippen molar-refractivity contribution in [2.45, 2.75) is 39.2 Å². The fraction of sp³-hybridized carbons (Fsp3) is 0.300. The highest BCUT2D eigenvalue weighted by atomic mass is 35.5. The SMILES string of the molecule is C/C(=N/NC(=O)C(C)Oc1cccc(Cl)c1)c1ccc2c(c1)CCC2. The number of benzene rings is 2. The van der Waals surface area contributed by atoms with Crippen LogP contribution < -0.4 is 10.2 Å². The van der Waals surface area contributed by atoms with Gasteiger partial charge in [-0.3, -0.25) is 4.79 Å². The highest BCUT2D eigenvalue weighted by Gasteiger charge is 2.15. The summed E-state index contributed by atoms with van der Waals surface area (Å²) in [5.41, 5.74) is 7.19. The number of nitrogens with zero attached hydrogens (tertiary/aromatic N) is 1. The van der Waals surface area contributed by atoms with Crippen molar-refractivity contribution in [2.24, 2.45) is 5.10 Å². The second-order valence-electron chi connectivity index (χ2n) is 6.23. The summed E-state index contributed by atoms with van der Waals surface area (Å²) >= 11 is 5.92. The van der Waals surface area contributed by atoms with E-state index in [1.165, 1.54) is 17.5 Å². The van der Waals surface area contributed by atoms with Crippen molar-refractivity contribution in [1.29, 1.82) is 0 Å². The zero-order valence-electron chi connectivity index (χ0n) is 14.4. The third-order valence-corrected chi connectivity index (χ3v) is 4.56. The van der Waals surface area contributed by atoms with Crippen LogP contribution in [0.25, 0.3) is 0 Å². The van der Waals surface area contributed by atoms with Crippen molar-refractivity contribution in [2.75, 3.05) is 0 Å². The van der Waals surface area contributed by atoms with Crippen LogP contribution in [-0.4, -0.2) is 17.7 Å². The number of halogens is 1. The van der Waals surface area contributed by atoms with E-state index in [1.54, 1.807) is 31.2 Å². The van der Waals surface area contributed by atoms with Crippen LogP contribution in [0.15, 0.2) is 47.6 Å². The average molecular weight is 357 g/mol. The van der Waals surface area contributed by atoms with Crippen LogP contribution in [0.2, 0.25) is 5.02 Å². The predicted molar refractivity (Wildman–Crippen MR) is 100 cm³/mol. The second-order valence-corrected chi connectivity index (χ2v) is 6.66. The molecule has 0 heterocycles. The Morgan fingerprint density at radius 3 is 2.80 bits per heavy atom. The fourth-order valence-electron chi connectivity index (χ4n) is 2.89. The Labute approximate surface area is 152 Å². The van der Waals surface area contributed by atoms with Gasteiger partial charge in [-0.1, -0.05) is 29.8 Å². The molecule has 25 heavy (non-hydrogen) atoms. The Kier molecular flexibility index (Phi) is 5.39. The lowest BCUT2D eigenvalue weighted by Crippen LogP contribution is -2.33.